The molecular formula is C11H11N3OS. The SMILES string of the molecule is Cc1cc(C(=O)N/N=C\c2ccc[nH]2)cs1. The van der Waals surface area contributed by atoms with Gasteiger partial charge in [0.05, 0.1) is 17.5 Å². The van der Waals surface area contributed by atoms with Crippen molar-refractivity contribution in [1.82, 2.24) is 10.4 Å². The second-order valence-electron chi connectivity index (χ2n) is 3.27. The summed E-state index contributed by atoms with van der Waals surface area (Å²) in [6.07, 6.45) is 3.36. The summed E-state index contributed by atoms with van der Waals surface area (Å²) >= 11 is 1.55. The van der Waals surface area contributed by atoms with Gasteiger partial charge in [-0.3, -0.25) is 4.79 Å². The summed E-state index contributed by atoms with van der Waals surface area (Å²) in [6, 6.07) is 5.57. The van der Waals surface area contributed by atoms with Crippen molar-refractivity contribution in [3.63, 3.8) is 0 Å². The summed E-state index contributed by atoms with van der Waals surface area (Å²) in [7, 11) is 0. The number of carbonyl (C=O) groups is 1. The van der Waals surface area contributed by atoms with Crippen molar-refractivity contribution in [1.29, 1.82) is 0 Å². The molecule has 0 atom stereocenters. The fraction of sp³-hybridized carbons (Fsp3) is 0.0909. The molecule has 0 saturated carbocycles. The van der Waals surface area contributed by atoms with Crippen LogP contribution in [0.25, 0.3) is 0 Å². The van der Waals surface area contributed by atoms with Crippen molar-refractivity contribution in [2.45, 2.75) is 6.92 Å². The number of hydrogen-bond acceptors (Lipinski definition) is 3. The molecule has 2 N–H and O–H groups in total. The van der Waals surface area contributed by atoms with Gasteiger partial charge in [-0.1, -0.05) is 0 Å². The Balaban J connectivity index is 1.94. The standard InChI is InChI=1S/C11H11N3OS/c1-8-5-9(7-16-8)11(15)14-13-6-10-3-2-4-12-10/h2-7,12H,1H3,(H,14,15)/b13-6-. The van der Waals surface area contributed by atoms with E-state index >= 15 is 0 Å². The normalized spacial score (nSPS) is 10.8. The first kappa shape index (κ1) is 10.6. The number of hydrogen-bond donors (Lipinski definition) is 2. The zero-order valence-corrected chi connectivity index (χ0v) is 9.54. The third kappa shape index (κ3) is 2.58. The Morgan fingerprint density at radius 1 is 1.62 bits per heavy atom. The van der Waals surface area contributed by atoms with Crippen LogP contribution >= 0.6 is 11.3 Å². The van der Waals surface area contributed by atoms with Crippen LogP contribution in [0.1, 0.15) is 20.9 Å². The number of carbonyl (C=O) groups excluding carboxylic acids is 1. The number of hydrazone groups is 1. The van der Waals surface area contributed by atoms with Gasteiger partial charge in [-0.15, -0.1) is 11.3 Å². The van der Waals surface area contributed by atoms with Crippen LogP contribution in [-0.4, -0.2) is 17.1 Å². The van der Waals surface area contributed by atoms with Crippen molar-refractivity contribution in [3.05, 3.63) is 45.9 Å². The van der Waals surface area contributed by atoms with Crippen LogP contribution in [0.5, 0.6) is 0 Å². The maximum absolute atomic E-state index is 11.6. The lowest BCUT2D eigenvalue weighted by atomic mass is 10.3. The van der Waals surface area contributed by atoms with E-state index in [-0.39, 0.29) is 5.91 Å². The van der Waals surface area contributed by atoms with Crippen LogP contribution in [0.15, 0.2) is 34.9 Å². The highest BCUT2D eigenvalue weighted by atomic mass is 32.1. The summed E-state index contributed by atoms with van der Waals surface area (Å²) in [5.41, 5.74) is 3.96. The smallest absolute Gasteiger partial charge is 0.272 e. The molecule has 4 nitrogen and oxygen atoms in total. The van der Waals surface area contributed by atoms with Gasteiger partial charge in [0.25, 0.3) is 5.91 Å². The second kappa shape index (κ2) is 4.76. The van der Waals surface area contributed by atoms with E-state index in [9.17, 15) is 4.79 Å². The van der Waals surface area contributed by atoms with E-state index in [0.717, 1.165) is 10.6 Å². The molecule has 0 aliphatic carbocycles. The molecule has 0 radical (unpaired) electrons. The summed E-state index contributed by atoms with van der Waals surface area (Å²) in [6.45, 7) is 1.96. The zero-order valence-electron chi connectivity index (χ0n) is 8.73. The molecule has 0 aromatic carbocycles. The molecular weight excluding hydrogens is 222 g/mol. The first-order chi connectivity index (χ1) is 7.75. The van der Waals surface area contributed by atoms with E-state index in [1.165, 1.54) is 0 Å². The summed E-state index contributed by atoms with van der Waals surface area (Å²) in [5.74, 6) is -0.188. The van der Waals surface area contributed by atoms with Gasteiger partial charge in [0.2, 0.25) is 0 Å². The molecule has 0 fully saturated rings. The van der Waals surface area contributed by atoms with E-state index < -0.39 is 0 Å². The predicted molar refractivity (Wildman–Crippen MR) is 64.9 cm³/mol. The Morgan fingerprint density at radius 3 is 3.12 bits per heavy atom. The summed E-state index contributed by atoms with van der Waals surface area (Å²) in [5, 5.41) is 5.66. The lowest BCUT2D eigenvalue weighted by molar-refractivity contribution is 0.0955. The van der Waals surface area contributed by atoms with Crippen LogP contribution in [0.4, 0.5) is 0 Å². The number of amides is 1. The molecule has 0 saturated heterocycles. The molecule has 2 aromatic rings. The van der Waals surface area contributed by atoms with Crippen LogP contribution in [0.2, 0.25) is 0 Å². The van der Waals surface area contributed by atoms with Crippen molar-refractivity contribution in [2.75, 3.05) is 0 Å². The predicted octanol–water partition coefficient (Wildman–Crippen LogP) is 2.15. The van der Waals surface area contributed by atoms with Gasteiger partial charge in [-0.05, 0) is 25.1 Å². The van der Waals surface area contributed by atoms with E-state index in [1.807, 2.05) is 30.5 Å². The first-order valence-electron chi connectivity index (χ1n) is 4.77. The van der Waals surface area contributed by atoms with Gasteiger partial charge in [0.1, 0.15) is 0 Å². The number of aromatic amines is 1. The van der Waals surface area contributed by atoms with Gasteiger partial charge in [0, 0.05) is 16.5 Å². The molecule has 16 heavy (non-hydrogen) atoms. The zero-order chi connectivity index (χ0) is 11.4. The third-order valence-corrected chi connectivity index (χ3v) is 2.85. The molecule has 1 amide bonds. The number of aromatic nitrogens is 1. The average molecular weight is 233 g/mol. The minimum atomic E-state index is -0.188. The Bertz CT molecular complexity index is 499. The van der Waals surface area contributed by atoms with Crippen LogP contribution in [-0.2, 0) is 0 Å². The first-order valence-corrected chi connectivity index (χ1v) is 5.65. The van der Waals surface area contributed by atoms with Gasteiger partial charge < -0.3 is 4.98 Å². The fourth-order valence-corrected chi connectivity index (χ4v) is 1.89. The third-order valence-electron chi connectivity index (χ3n) is 1.98. The van der Waals surface area contributed by atoms with Crippen LogP contribution in [0.3, 0.4) is 0 Å². The van der Waals surface area contributed by atoms with Crippen molar-refractivity contribution < 1.29 is 4.79 Å². The maximum Gasteiger partial charge on any atom is 0.272 e. The Hall–Kier alpha value is -1.88. The van der Waals surface area contributed by atoms with Crippen LogP contribution in [0, 0.1) is 6.92 Å². The summed E-state index contributed by atoms with van der Waals surface area (Å²) < 4.78 is 0. The Kier molecular flexibility index (Phi) is 3.16. The van der Waals surface area contributed by atoms with Crippen molar-refractivity contribution in [3.8, 4) is 0 Å². The van der Waals surface area contributed by atoms with Gasteiger partial charge >= 0.3 is 0 Å². The highest BCUT2D eigenvalue weighted by Crippen LogP contribution is 2.12. The highest BCUT2D eigenvalue weighted by Gasteiger charge is 2.05. The lowest BCUT2D eigenvalue weighted by Crippen LogP contribution is -2.16. The van der Waals surface area contributed by atoms with Gasteiger partial charge in [0.15, 0.2) is 0 Å². The molecule has 0 bridgehead atoms. The van der Waals surface area contributed by atoms with E-state index in [0.29, 0.717) is 5.56 Å². The monoisotopic (exact) mass is 233 g/mol. The number of thiophene rings is 1. The largest absolute Gasteiger partial charge is 0.360 e. The molecule has 0 aliphatic heterocycles. The molecule has 2 rings (SSSR count). The molecule has 82 valence electrons. The Labute approximate surface area is 97.0 Å². The fourth-order valence-electron chi connectivity index (χ4n) is 1.21. The van der Waals surface area contributed by atoms with Gasteiger partial charge in [-0.2, -0.15) is 5.10 Å². The van der Waals surface area contributed by atoms with E-state index in [2.05, 4.69) is 15.5 Å². The van der Waals surface area contributed by atoms with E-state index in [4.69, 9.17) is 0 Å². The minimum Gasteiger partial charge on any atom is -0.360 e. The van der Waals surface area contributed by atoms with Crippen LogP contribution < -0.4 is 5.43 Å². The van der Waals surface area contributed by atoms with Gasteiger partial charge in [-0.25, -0.2) is 5.43 Å². The Morgan fingerprint density at radius 2 is 2.50 bits per heavy atom. The molecule has 5 heteroatoms. The lowest BCUT2D eigenvalue weighted by Gasteiger charge is -1.94. The van der Waals surface area contributed by atoms with Crippen molar-refractivity contribution >= 4 is 23.5 Å². The topological polar surface area (TPSA) is 57.2 Å². The average Bonchev–Trinajstić information content (AvgIpc) is 2.89. The summed E-state index contributed by atoms with van der Waals surface area (Å²) in [4.78, 5) is 15.6. The molecule has 0 unspecified atom stereocenters. The second-order valence-corrected chi connectivity index (χ2v) is 4.39. The quantitative estimate of drug-likeness (QED) is 0.619. The van der Waals surface area contributed by atoms with E-state index in [1.54, 1.807) is 23.7 Å². The number of aryl methyl sites for hydroxylation is 1. The number of nitrogens with zero attached hydrogens (tertiary/aromatic N) is 1. The molecule has 0 aliphatic rings. The minimum absolute atomic E-state index is 0.188. The number of H-pyrrole nitrogens is 1. The molecule has 2 heterocycles. The number of rotatable bonds is 3. The molecule has 2 aromatic heterocycles. The molecule has 0 spiro atoms. The highest BCUT2D eigenvalue weighted by molar-refractivity contribution is 7.10. The maximum atomic E-state index is 11.6. The number of nitrogens with one attached hydrogen (secondary N) is 2. The van der Waals surface area contributed by atoms with Crippen molar-refractivity contribution in [2.24, 2.45) is 5.10 Å².